The molecule has 1 aliphatic heterocycles. The summed E-state index contributed by atoms with van der Waals surface area (Å²) in [5, 5.41) is 0.368. The Hall–Kier alpha value is -4.43. The van der Waals surface area contributed by atoms with Gasteiger partial charge in [-0.2, -0.15) is 0 Å². The van der Waals surface area contributed by atoms with Gasteiger partial charge in [-0.15, -0.1) is 0 Å². The van der Waals surface area contributed by atoms with Gasteiger partial charge in [-0.05, 0) is 66.1 Å². The lowest BCUT2D eigenvalue weighted by molar-refractivity contribution is 0.0714. The van der Waals surface area contributed by atoms with Gasteiger partial charge in [0, 0.05) is 11.0 Å². The van der Waals surface area contributed by atoms with E-state index < -0.39 is 11.9 Å². The van der Waals surface area contributed by atoms with Crippen LogP contribution >= 0.6 is 15.9 Å². The number of hydrogen-bond acceptors (Lipinski definition) is 5. The molecule has 8 heteroatoms. The van der Waals surface area contributed by atoms with E-state index in [0.29, 0.717) is 46.8 Å². The topological polar surface area (TPSA) is 69.0 Å². The van der Waals surface area contributed by atoms with Crippen LogP contribution in [0.2, 0.25) is 0 Å². The molecule has 0 N–H and O–H groups in total. The molecule has 0 spiro atoms. The molecule has 5 aromatic rings. The van der Waals surface area contributed by atoms with Crippen LogP contribution in [0.3, 0.4) is 0 Å². The summed E-state index contributed by atoms with van der Waals surface area (Å²) in [7, 11) is 0. The monoisotopic (exact) mass is 613 g/mol. The van der Waals surface area contributed by atoms with Crippen molar-refractivity contribution in [2.75, 3.05) is 6.61 Å². The van der Waals surface area contributed by atoms with Crippen molar-refractivity contribution < 1.29 is 23.1 Å². The molecule has 0 bridgehead atoms. The summed E-state index contributed by atoms with van der Waals surface area (Å²) >= 11 is 3.43. The fourth-order valence-corrected chi connectivity index (χ4v) is 5.47. The third-order valence-electron chi connectivity index (χ3n) is 7.01. The average Bonchev–Trinajstić information content (AvgIpc) is 3.25. The Kier molecular flexibility index (Phi) is 7.32. The van der Waals surface area contributed by atoms with Gasteiger partial charge >= 0.3 is 0 Å². The maximum Gasteiger partial charge on any atom is 0.291 e. The van der Waals surface area contributed by atoms with Crippen molar-refractivity contribution in [3.63, 3.8) is 0 Å². The number of carbonyl (C=O) groups excluding carboxylic acids is 1. The van der Waals surface area contributed by atoms with Crippen LogP contribution in [-0.4, -0.2) is 17.4 Å². The first-order valence-electron chi connectivity index (χ1n) is 13.2. The molecule has 0 radical (unpaired) electrons. The van der Waals surface area contributed by atoms with Crippen molar-refractivity contribution in [3.05, 3.63) is 140 Å². The zero-order valence-electron chi connectivity index (χ0n) is 22.1. The van der Waals surface area contributed by atoms with Gasteiger partial charge in [0.1, 0.15) is 18.0 Å². The van der Waals surface area contributed by atoms with Gasteiger partial charge in [0.2, 0.25) is 5.76 Å². The van der Waals surface area contributed by atoms with E-state index in [2.05, 4.69) is 15.9 Å². The number of carbonyl (C=O) groups is 1. The zero-order valence-corrected chi connectivity index (χ0v) is 23.7. The average molecular weight is 614 g/mol. The molecule has 0 aliphatic carbocycles. The van der Waals surface area contributed by atoms with Crippen LogP contribution in [-0.2, 0) is 13.2 Å². The van der Waals surface area contributed by atoms with E-state index >= 15 is 0 Å². The number of nitrogens with zero attached hydrogens (tertiary/aromatic N) is 1. The second-order valence-electron chi connectivity index (χ2n) is 9.69. The maximum atomic E-state index is 13.9. The molecule has 0 fully saturated rings. The molecule has 1 amide bonds. The minimum atomic E-state index is -0.760. The molecule has 1 aromatic heterocycles. The van der Waals surface area contributed by atoms with Gasteiger partial charge in [0.05, 0.1) is 23.6 Å². The van der Waals surface area contributed by atoms with Gasteiger partial charge in [-0.25, -0.2) is 4.39 Å². The second kappa shape index (κ2) is 11.2. The third kappa shape index (κ3) is 5.23. The van der Waals surface area contributed by atoms with Crippen LogP contribution in [0.5, 0.6) is 11.5 Å². The molecule has 4 aromatic carbocycles. The van der Waals surface area contributed by atoms with Crippen molar-refractivity contribution in [2.45, 2.75) is 26.1 Å². The lowest BCUT2D eigenvalue weighted by Crippen LogP contribution is -2.29. The molecule has 206 valence electrons. The van der Waals surface area contributed by atoms with Gasteiger partial charge < -0.3 is 18.8 Å². The molecule has 6 rings (SSSR count). The molecule has 41 heavy (non-hydrogen) atoms. The molecular weight excluding hydrogens is 589 g/mol. The summed E-state index contributed by atoms with van der Waals surface area (Å²) < 4.78 is 32.4. The van der Waals surface area contributed by atoms with Gasteiger partial charge in [0.25, 0.3) is 5.91 Å². The predicted octanol–water partition coefficient (Wildman–Crippen LogP) is 7.42. The molecule has 1 atom stereocenters. The van der Waals surface area contributed by atoms with Gasteiger partial charge in [-0.1, -0.05) is 64.5 Å². The SMILES string of the molecule is CCOc1cc(C2c3c(oc4ccc(Br)cc4c3=O)C(=O)N2Cc2ccc(F)cc2)ccc1OCc1ccccc1. The van der Waals surface area contributed by atoms with Crippen LogP contribution in [0, 0.1) is 5.82 Å². The van der Waals surface area contributed by atoms with E-state index in [1.807, 2.05) is 43.3 Å². The highest BCUT2D eigenvalue weighted by Gasteiger charge is 2.43. The summed E-state index contributed by atoms with van der Waals surface area (Å²) in [6, 6.07) is 25.5. The maximum absolute atomic E-state index is 13.9. The Labute approximate surface area is 244 Å². The lowest BCUT2D eigenvalue weighted by Gasteiger charge is -2.26. The summed E-state index contributed by atoms with van der Waals surface area (Å²) in [6.07, 6.45) is 0. The number of benzene rings is 4. The van der Waals surface area contributed by atoms with E-state index in [0.717, 1.165) is 10.0 Å². The van der Waals surface area contributed by atoms with Gasteiger partial charge in [0.15, 0.2) is 16.9 Å². The molecule has 1 unspecified atom stereocenters. The number of hydrogen-bond donors (Lipinski definition) is 0. The van der Waals surface area contributed by atoms with Crippen molar-refractivity contribution >= 4 is 32.8 Å². The highest BCUT2D eigenvalue weighted by Crippen LogP contribution is 2.42. The largest absolute Gasteiger partial charge is 0.490 e. The highest BCUT2D eigenvalue weighted by molar-refractivity contribution is 9.10. The predicted molar refractivity (Wildman–Crippen MR) is 157 cm³/mol. The standard InChI is InChI=1S/C33H25BrFNO5/c1-2-39-28-16-22(10-14-27(28)40-19-21-6-4-3-5-7-21)30-29-31(37)25-17-23(34)11-15-26(25)41-32(29)33(38)36(30)18-20-8-12-24(35)13-9-20/h3-17,30H,2,18-19H2,1H3. The summed E-state index contributed by atoms with van der Waals surface area (Å²) in [5.41, 5.74) is 2.68. The van der Waals surface area contributed by atoms with E-state index in [4.69, 9.17) is 13.9 Å². The molecule has 2 heterocycles. The van der Waals surface area contributed by atoms with Crippen LogP contribution < -0.4 is 14.9 Å². The van der Waals surface area contributed by atoms with E-state index in [1.54, 1.807) is 47.4 Å². The Morgan fingerprint density at radius 3 is 2.41 bits per heavy atom. The molecule has 0 saturated heterocycles. The molecule has 6 nitrogen and oxygen atoms in total. The Bertz CT molecular complexity index is 1800. The summed E-state index contributed by atoms with van der Waals surface area (Å²) in [4.78, 5) is 29.3. The fourth-order valence-electron chi connectivity index (χ4n) is 5.11. The van der Waals surface area contributed by atoms with Crippen molar-refractivity contribution in [3.8, 4) is 11.5 Å². The van der Waals surface area contributed by atoms with Crippen molar-refractivity contribution in [2.24, 2.45) is 0 Å². The second-order valence-corrected chi connectivity index (χ2v) is 10.6. The van der Waals surface area contributed by atoms with E-state index in [9.17, 15) is 14.0 Å². The Balaban J connectivity index is 1.46. The van der Waals surface area contributed by atoms with Crippen LogP contribution in [0.25, 0.3) is 11.0 Å². The number of halogens is 2. The first-order chi connectivity index (χ1) is 19.9. The van der Waals surface area contributed by atoms with Gasteiger partial charge in [-0.3, -0.25) is 9.59 Å². The van der Waals surface area contributed by atoms with Crippen molar-refractivity contribution in [1.82, 2.24) is 4.90 Å². The van der Waals surface area contributed by atoms with Crippen molar-refractivity contribution in [1.29, 1.82) is 0 Å². The molecule has 1 aliphatic rings. The normalized spacial score (nSPS) is 14.4. The Morgan fingerprint density at radius 1 is 0.878 bits per heavy atom. The molecular formula is C33H25BrFNO5. The molecule has 0 saturated carbocycles. The minimum absolute atomic E-state index is 0.000650. The van der Waals surface area contributed by atoms with Crippen LogP contribution in [0.15, 0.2) is 105 Å². The third-order valence-corrected chi connectivity index (χ3v) is 7.51. The number of fused-ring (bicyclic) bond motifs is 2. The van der Waals surface area contributed by atoms with Crippen LogP contribution in [0.4, 0.5) is 4.39 Å². The lowest BCUT2D eigenvalue weighted by atomic mass is 9.97. The first kappa shape index (κ1) is 26.8. The minimum Gasteiger partial charge on any atom is -0.490 e. The fraction of sp³-hybridized carbons (Fsp3) is 0.152. The highest BCUT2D eigenvalue weighted by atomic mass is 79.9. The Morgan fingerprint density at radius 2 is 1.66 bits per heavy atom. The summed E-state index contributed by atoms with van der Waals surface area (Å²) in [5.74, 6) is 0.250. The quantitative estimate of drug-likeness (QED) is 0.182. The zero-order chi connectivity index (χ0) is 28.5. The summed E-state index contributed by atoms with van der Waals surface area (Å²) in [6.45, 7) is 2.77. The van der Waals surface area contributed by atoms with E-state index in [-0.39, 0.29) is 29.1 Å². The first-order valence-corrected chi connectivity index (χ1v) is 14.0. The van der Waals surface area contributed by atoms with E-state index in [1.165, 1.54) is 12.1 Å². The smallest absolute Gasteiger partial charge is 0.291 e. The number of rotatable bonds is 8. The number of ether oxygens (including phenoxy) is 2. The number of amides is 1. The van der Waals surface area contributed by atoms with Crippen LogP contribution in [0.1, 0.15) is 45.8 Å².